The molecule has 0 saturated carbocycles. The summed E-state index contributed by atoms with van der Waals surface area (Å²) in [7, 11) is -3.63. The van der Waals surface area contributed by atoms with Crippen molar-refractivity contribution < 1.29 is 12.8 Å². The van der Waals surface area contributed by atoms with Crippen molar-refractivity contribution in [3.8, 4) is 0 Å². The minimum atomic E-state index is -3.63. The zero-order valence-electron chi connectivity index (χ0n) is 11.4. The first-order valence-corrected chi connectivity index (χ1v) is 8.13. The van der Waals surface area contributed by atoms with Crippen molar-refractivity contribution in [1.82, 2.24) is 4.72 Å². The molecule has 1 aromatic heterocycles. The largest absolute Gasteiger partial charge is 0.250 e. The number of hydrogen-bond acceptors (Lipinski definition) is 3. The number of halogens is 1. The van der Waals surface area contributed by atoms with E-state index in [1.165, 1.54) is 0 Å². The van der Waals surface area contributed by atoms with Crippen molar-refractivity contribution >= 4 is 21.4 Å². The van der Waals surface area contributed by atoms with Crippen molar-refractivity contribution in [3.05, 3.63) is 16.8 Å². The molecule has 1 rings (SSSR count). The summed E-state index contributed by atoms with van der Waals surface area (Å²) in [6, 6.07) is 1.11. The fourth-order valence-corrected chi connectivity index (χ4v) is 4.49. The van der Waals surface area contributed by atoms with Gasteiger partial charge in [0, 0.05) is 16.5 Å². The topological polar surface area (TPSA) is 46.2 Å². The van der Waals surface area contributed by atoms with Gasteiger partial charge in [-0.2, -0.15) is 0 Å². The van der Waals surface area contributed by atoms with Gasteiger partial charge >= 0.3 is 0 Å². The van der Waals surface area contributed by atoms with E-state index in [4.69, 9.17) is 0 Å². The molecule has 0 radical (unpaired) electrons. The summed E-state index contributed by atoms with van der Waals surface area (Å²) < 4.78 is 40.3. The molecule has 0 saturated heterocycles. The molecule has 0 atom stereocenters. The predicted octanol–water partition coefficient (Wildman–Crippen LogP) is 3.16. The van der Waals surface area contributed by atoms with Crippen LogP contribution in [0.15, 0.2) is 10.3 Å². The Hall–Kier alpha value is -0.460. The van der Waals surface area contributed by atoms with Crippen LogP contribution >= 0.6 is 11.3 Å². The van der Waals surface area contributed by atoms with Gasteiger partial charge in [-0.05, 0) is 33.1 Å². The van der Waals surface area contributed by atoms with Crippen molar-refractivity contribution in [2.24, 2.45) is 5.92 Å². The van der Waals surface area contributed by atoms with Crippen molar-refractivity contribution in [1.29, 1.82) is 0 Å². The second kappa shape index (κ2) is 5.27. The molecule has 1 aromatic rings. The van der Waals surface area contributed by atoms with Gasteiger partial charge in [0.05, 0.1) is 0 Å². The van der Waals surface area contributed by atoms with E-state index in [0.29, 0.717) is 17.2 Å². The van der Waals surface area contributed by atoms with Crippen molar-refractivity contribution in [2.75, 3.05) is 0 Å². The molecule has 6 heteroatoms. The minimum Gasteiger partial charge on any atom is -0.206 e. The van der Waals surface area contributed by atoms with Gasteiger partial charge in [0.2, 0.25) is 0 Å². The van der Waals surface area contributed by atoms with Crippen LogP contribution in [0.1, 0.15) is 39.5 Å². The number of thiophene rings is 1. The Labute approximate surface area is 112 Å². The molecule has 0 bridgehead atoms. The molecule has 0 unspecified atom stereocenters. The molecule has 0 fully saturated rings. The van der Waals surface area contributed by atoms with E-state index in [0.717, 1.165) is 17.4 Å². The fraction of sp³-hybridized carbons (Fsp3) is 0.667. The van der Waals surface area contributed by atoms with E-state index in [-0.39, 0.29) is 4.21 Å². The van der Waals surface area contributed by atoms with Crippen LogP contribution in [0.3, 0.4) is 0 Å². The first kappa shape index (κ1) is 15.6. The lowest BCUT2D eigenvalue weighted by Gasteiger charge is -2.19. The zero-order chi connectivity index (χ0) is 14.1. The van der Waals surface area contributed by atoms with Crippen molar-refractivity contribution in [3.63, 3.8) is 0 Å². The summed E-state index contributed by atoms with van der Waals surface area (Å²) in [5.41, 5.74) is -0.572. The van der Waals surface area contributed by atoms with E-state index in [9.17, 15) is 12.8 Å². The molecular formula is C12H20FNO2S2. The molecule has 0 amide bonds. The lowest BCUT2D eigenvalue weighted by molar-refractivity contribution is 0.492. The van der Waals surface area contributed by atoms with Gasteiger partial charge in [0.15, 0.2) is 0 Å². The van der Waals surface area contributed by atoms with Gasteiger partial charge in [0.25, 0.3) is 10.0 Å². The van der Waals surface area contributed by atoms with Crippen LogP contribution < -0.4 is 4.72 Å². The van der Waals surface area contributed by atoms with Crippen LogP contribution in [0.4, 0.5) is 4.39 Å². The standard InChI is InChI=1S/C12H20FNO2S2/c1-8(2)6-10-9(13)7-11(17-10)18(15,16)14-12(3,4)5/h7-8,14H,6H2,1-5H3. The summed E-state index contributed by atoms with van der Waals surface area (Å²) in [4.78, 5) is 0.499. The smallest absolute Gasteiger partial charge is 0.206 e. The first-order chi connectivity index (χ1) is 8.01. The molecule has 1 heterocycles. The summed E-state index contributed by atoms with van der Waals surface area (Å²) in [5.74, 6) is -0.132. The third kappa shape index (κ3) is 4.33. The number of rotatable bonds is 4. The monoisotopic (exact) mass is 293 g/mol. The van der Waals surface area contributed by atoms with Gasteiger partial charge in [-0.3, -0.25) is 0 Å². The molecule has 0 aliphatic rings. The van der Waals surface area contributed by atoms with E-state index in [1.54, 1.807) is 20.8 Å². The number of hydrogen-bond donors (Lipinski definition) is 1. The molecule has 0 aromatic carbocycles. The predicted molar refractivity (Wildman–Crippen MR) is 72.9 cm³/mol. The Balaban J connectivity index is 3.04. The summed E-state index contributed by atoms with van der Waals surface area (Å²) in [5, 5.41) is 0. The second-order valence-corrected chi connectivity index (χ2v) is 8.84. The third-order valence-electron chi connectivity index (χ3n) is 2.03. The Bertz CT molecular complexity index is 513. The lowest BCUT2D eigenvalue weighted by Crippen LogP contribution is -2.40. The fourth-order valence-electron chi connectivity index (χ4n) is 1.48. The summed E-state index contributed by atoms with van der Waals surface area (Å²) in [6.45, 7) is 9.21. The normalized spacial score (nSPS) is 13.3. The second-order valence-electron chi connectivity index (χ2n) is 5.79. The Morgan fingerprint density at radius 1 is 1.39 bits per heavy atom. The van der Waals surface area contributed by atoms with Crippen LogP contribution in [0.25, 0.3) is 0 Å². The first-order valence-electron chi connectivity index (χ1n) is 5.83. The Morgan fingerprint density at radius 3 is 2.39 bits per heavy atom. The van der Waals surface area contributed by atoms with E-state index >= 15 is 0 Å². The van der Waals surface area contributed by atoms with Crippen LogP contribution in [-0.2, 0) is 16.4 Å². The zero-order valence-corrected chi connectivity index (χ0v) is 13.0. The Kier molecular flexibility index (Phi) is 4.56. The molecule has 0 spiro atoms. The maximum absolute atomic E-state index is 13.7. The van der Waals surface area contributed by atoms with Crippen LogP contribution in [0, 0.1) is 11.7 Å². The van der Waals surface area contributed by atoms with Crippen LogP contribution in [0.5, 0.6) is 0 Å². The van der Waals surface area contributed by atoms with Gasteiger partial charge in [-0.1, -0.05) is 13.8 Å². The van der Waals surface area contributed by atoms with Gasteiger partial charge in [-0.25, -0.2) is 17.5 Å². The highest BCUT2D eigenvalue weighted by Gasteiger charge is 2.25. The highest BCUT2D eigenvalue weighted by molar-refractivity contribution is 7.91. The molecule has 1 N–H and O–H groups in total. The molecule has 104 valence electrons. The van der Waals surface area contributed by atoms with Gasteiger partial charge in [-0.15, -0.1) is 11.3 Å². The minimum absolute atomic E-state index is 0.0468. The molecule has 0 aliphatic heterocycles. The van der Waals surface area contributed by atoms with Crippen LogP contribution in [-0.4, -0.2) is 14.0 Å². The number of sulfonamides is 1. The average molecular weight is 293 g/mol. The average Bonchev–Trinajstić information content (AvgIpc) is 2.43. The highest BCUT2D eigenvalue weighted by atomic mass is 32.2. The maximum atomic E-state index is 13.7. The SMILES string of the molecule is CC(C)Cc1sc(S(=O)(=O)NC(C)(C)C)cc1F. The molecular weight excluding hydrogens is 273 g/mol. The van der Waals surface area contributed by atoms with E-state index in [2.05, 4.69) is 4.72 Å². The van der Waals surface area contributed by atoms with E-state index in [1.807, 2.05) is 13.8 Å². The van der Waals surface area contributed by atoms with Crippen molar-refractivity contribution in [2.45, 2.75) is 50.8 Å². The molecule has 3 nitrogen and oxygen atoms in total. The summed E-state index contributed by atoms with van der Waals surface area (Å²) >= 11 is 1.01. The van der Waals surface area contributed by atoms with Gasteiger partial charge in [0.1, 0.15) is 10.0 Å². The highest BCUT2D eigenvalue weighted by Crippen LogP contribution is 2.28. The quantitative estimate of drug-likeness (QED) is 0.927. The van der Waals surface area contributed by atoms with Crippen LogP contribution in [0.2, 0.25) is 0 Å². The Morgan fingerprint density at radius 2 is 1.94 bits per heavy atom. The summed E-state index contributed by atoms with van der Waals surface area (Å²) in [6.07, 6.45) is 0.557. The molecule has 0 aliphatic carbocycles. The third-order valence-corrected chi connectivity index (χ3v) is 5.40. The van der Waals surface area contributed by atoms with E-state index < -0.39 is 21.4 Å². The maximum Gasteiger partial charge on any atom is 0.250 e. The molecule has 18 heavy (non-hydrogen) atoms. The van der Waals surface area contributed by atoms with Gasteiger partial charge < -0.3 is 0 Å². The number of nitrogens with one attached hydrogen (secondary N) is 1. The lowest BCUT2D eigenvalue weighted by atomic mass is 10.1.